The third-order valence-electron chi connectivity index (χ3n) is 4.79. The minimum Gasteiger partial charge on any atom is -0.481 e. The second-order valence-electron chi connectivity index (χ2n) is 6.96. The van der Waals surface area contributed by atoms with E-state index in [0.29, 0.717) is 30.2 Å². The summed E-state index contributed by atoms with van der Waals surface area (Å²) in [5.41, 5.74) is 0.388. The maximum absolute atomic E-state index is 12.1. The van der Waals surface area contributed by atoms with Gasteiger partial charge in [0.2, 0.25) is 0 Å². The number of nitrogens with one attached hydrogen (secondary N) is 1. The number of hydrogen-bond donors (Lipinski definition) is 2. The Labute approximate surface area is 120 Å². The predicted molar refractivity (Wildman–Crippen MR) is 76.5 cm³/mol. The molecule has 1 heterocycles. The fourth-order valence-electron chi connectivity index (χ4n) is 3.06. The Hall–Kier alpha value is -1.26. The first-order valence-corrected chi connectivity index (χ1v) is 7.63. The van der Waals surface area contributed by atoms with Gasteiger partial charge < -0.3 is 15.3 Å². The first kappa shape index (κ1) is 15.1. The van der Waals surface area contributed by atoms with E-state index in [4.69, 9.17) is 5.11 Å². The van der Waals surface area contributed by atoms with Crippen molar-refractivity contribution in [2.75, 3.05) is 19.6 Å². The number of carbonyl (C=O) groups is 2. The molecule has 0 radical (unpaired) electrons. The normalized spacial score (nSPS) is 28.0. The maximum atomic E-state index is 12.1. The Bertz CT molecular complexity index is 381. The second-order valence-corrected chi connectivity index (χ2v) is 6.96. The number of likely N-dealkylation sites (tertiary alicyclic amines) is 1. The fraction of sp³-hybridized carbons (Fsp3) is 0.867. The lowest BCUT2D eigenvalue weighted by atomic mass is 9.93. The van der Waals surface area contributed by atoms with E-state index in [0.717, 1.165) is 25.9 Å². The predicted octanol–water partition coefficient (Wildman–Crippen LogP) is 2.32. The van der Waals surface area contributed by atoms with Gasteiger partial charge in [-0.3, -0.25) is 4.79 Å². The standard InChI is InChI=1S/C15H26N2O3/c1-15(2)8-12(15)9-16-14(20)17-7-3-4-11(10-17)5-6-13(18)19/h11-12H,3-10H2,1-2H3,(H,16,20)(H,18,19). The van der Waals surface area contributed by atoms with E-state index in [-0.39, 0.29) is 12.5 Å². The molecule has 1 aliphatic heterocycles. The van der Waals surface area contributed by atoms with Crippen molar-refractivity contribution in [1.29, 1.82) is 0 Å². The summed E-state index contributed by atoms with van der Waals surface area (Å²) >= 11 is 0. The van der Waals surface area contributed by atoms with E-state index in [1.807, 2.05) is 4.90 Å². The number of carboxylic acid groups (broad SMARTS) is 1. The van der Waals surface area contributed by atoms with Crippen LogP contribution in [-0.2, 0) is 4.79 Å². The van der Waals surface area contributed by atoms with E-state index < -0.39 is 5.97 Å². The van der Waals surface area contributed by atoms with Crippen LogP contribution in [0.5, 0.6) is 0 Å². The Morgan fingerprint density at radius 1 is 1.40 bits per heavy atom. The van der Waals surface area contributed by atoms with Crippen molar-refractivity contribution in [3.63, 3.8) is 0 Å². The van der Waals surface area contributed by atoms with Gasteiger partial charge >= 0.3 is 12.0 Å². The van der Waals surface area contributed by atoms with Gasteiger partial charge in [0.1, 0.15) is 0 Å². The molecule has 114 valence electrons. The van der Waals surface area contributed by atoms with Gasteiger partial charge in [0.25, 0.3) is 0 Å². The summed E-state index contributed by atoms with van der Waals surface area (Å²) in [5.74, 6) is 0.199. The van der Waals surface area contributed by atoms with E-state index >= 15 is 0 Å². The fourth-order valence-corrected chi connectivity index (χ4v) is 3.06. The summed E-state index contributed by atoms with van der Waals surface area (Å²) in [5, 5.41) is 11.8. The van der Waals surface area contributed by atoms with Crippen LogP contribution in [0.2, 0.25) is 0 Å². The van der Waals surface area contributed by atoms with Gasteiger partial charge in [0.15, 0.2) is 0 Å². The molecule has 1 saturated heterocycles. The molecule has 2 rings (SSSR count). The highest BCUT2D eigenvalue weighted by Crippen LogP contribution is 2.50. The zero-order chi connectivity index (χ0) is 14.8. The van der Waals surface area contributed by atoms with Crippen LogP contribution < -0.4 is 5.32 Å². The highest BCUT2D eigenvalue weighted by molar-refractivity contribution is 5.74. The molecule has 0 spiro atoms. The molecule has 2 N–H and O–H groups in total. The number of aliphatic carboxylic acids is 1. The SMILES string of the molecule is CC1(C)CC1CNC(=O)N1CCCC(CCC(=O)O)C1. The number of carboxylic acids is 1. The third kappa shape index (κ3) is 4.12. The van der Waals surface area contributed by atoms with Gasteiger partial charge in [-0.2, -0.15) is 0 Å². The third-order valence-corrected chi connectivity index (χ3v) is 4.79. The van der Waals surface area contributed by atoms with Gasteiger partial charge in [-0.1, -0.05) is 13.8 Å². The van der Waals surface area contributed by atoms with Crippen LogP contribution in [0.4, 0.5) is 4.79 Å². The topological polar surface area (TPSA) is 69.6 Å². The average molecular weight is 282 g/mol. The molecule has 20 heavy (non-hydrogen) atoms. The molecule has 1 aliphatic carbocycles. The van der Waals surface area contributed by atoms with Crippen LogP contribution >= 0.6 is 0 Å². The number of rotatable bonds is 5. The van der Waals surface area contributed by atoms with Crippen molar-refractivity contribution in [2.45, 2.75) is 46.0 Å². The highest BCUT2D eigenvalue weighted by Gasteiger charge is 2.45. The number of nitrogens with zero attached hydrogens (tertiary/aromatic N) is 1. The molecule has 0 aromatic carbocycles. The number of amides is 2. The van der Waals surface area contributed by atoms with E-state index in [2.05, 4.69) is 19.2 Å². The van der Waals surface area contributed by atoms with Gasteiger partial charge in [-0.15, -0.1) is 0 Å². The first-order chi connectivity index (χ1) is 9.38. The molecule has 5 nitrogen and oxygen atoms in total. The molecule has 0 aromatic rings. The van der Waals surface area contributed by atoms with Gasteiger partial charge in [0, 0.05) is 26.1 Å². The van der Waals surface area contributed by atoms with Crippen molar-refractivity contribution < 1.29 is 14.7 Å². The number of hydrogen-bond acceptors (Lipinski definition) is 2. The van der Waals surface area contributed by atoms with Crippen molar-refractivity contribution in [3.05, 3.63) is 0 Å². The molecule has 2 unspecified atom stereocenters. The van der Waals surface area contributed by atoms with E-state index in [1.54, 1.807) is 0 Å². The minimum atomic E-state index is -0.748. The zero-order valence-electron chi connectivity index (χ0n) is 12.5. The smallest absolute Gasteiger partial charge is 0.317 e. The van der Waals surface area contributed by atoms with Gasteiger partial charge in [-0.25, -0.2) is 4.79 Å². The number of carbonyl (C=O) groups excluding carboxylic acids is 1. The van der Waals surface area contributed by atoms with Crippen LogP contribution in [0.1, 0.15) is 46.0 Å². The van der Waals surface area contributed by atoms with Gasteiger partial charge in [-0.05, 0) is 42.9 Å². The summed E-state index contributed by atoms with van der Waals surface area (Å²) in [4.78, 5) is 24.6. The average Bonchev–Trinajstić information content (AvgIpc) is 3.01. The summed E-state index contributed by atoms with van der Waals surface area (Å²) in [7, 11) is 0. The van der Waals surface area contributed by atoms with E-state index in [9.17, 15) is 9.59 Å². The van der Waals surface area contributed by atoms with Crippen molar-refractivity contribution >= 4 is 12.0 Å². The van der Waals surface area contributed by atoms with Crippen LogP contribution in [-0.4, -0.2) is 41.6 Å². The van der Waals surface area contributed by atoms with Crippen molar-refractivity contribution in [2.24, 2.45) is 17.3 Å². The number of urea groups is 1. The summed E-state index contributed by atoms with van der Waals surface area (Å²) in [6, 6.07) is 0.0210. The zero-order valence-corrected chi connectivity index (χ0v) is 12.5. The number of piperidine rings is 1. The Balaban J connectivity index is 1.71. The molecule has 5 heteroatoms. The maximum Gasteiger partial charge on any atom is 0.317 e. The van der Waals surface area contributed by atoms with Crippen LogP contribution in [0.3, 0.4) is 0 Å². The molecule has 2 aliphatic rings. The van der Waals surface area contributed by atoms with Gasteiger partial charge in [0.05, 0.1) is 0 Å². The van der Waals surface area contributed by atoms with Crippen LogP contribution in [0, 0.1) is 17.3 Å². The molecular weight excluding hydrogens is 256 g/mol. The summed E-state index contributed by atoms with van der Waals surface area (Å²) in [6.45, 7) is 6.72. The molecule has 0 bridgehead atoms. The lowest BCUT2D eigenvalue weighted by molar-refractivity contribution is -0.137. The lowest BCUT2D eigenvalue weighted by Gasteiger charge is -2.32. The molecule has 2 atom stereocenters. The van der Waals surface area contributed by atoms with Crippen LogP contribution in [0.25, 0.3) is 0 Å². The summed E-state index contributed by atoms with van der Waals surface area (Å²) in [6.07, 6.45) is 4.08. The molecule has 0 aromatic heterocycles. The van der Waals surface area contributed by atoms with Crippen LogP contribution in [0.15, 0.2) is 0 Å². The molecule has 1 saturated carbocycles. The first-order valence-electron chi connectivity index (χ1n) is 7.63. The highest BCUT2D eigenvalue weighted by atomic mass is 16.4. The van der Waals surface area contributed by atoms with Crippen molar-refractivity contribution in [1.82, 2.24) is 10.2 Å². The lowest BCUT2D eigenvalue weighted by Crippen LogP contribution is -2.46. The monoisotopic (exact) mass is 282 g/mol. The largest absolute Gasteiger partial charge is 0.481 e. The quantitative estimate of drug-likeness (QED) is 0.813. The molecule has 2 fully saturated rings. The Morgan fingerprint density at radius 2 is 2.10 bits per heavy atom. The summed E-state index contributed by atoms with van der Waals surface area (Å²) < 4.78 is 0. The molecular formula is C15H26N2O3. The Morgan fingerprint density at radius 3 is 2.70 bits per heavy atom. The minimum absolute atomic E-state index is 0.0210. The molecule has 2 amide bonds. The second kappa shape index (κ2) is 6.02. The van der Waals surface area contributed by atoms with Crippen molar-refractivity contribution in [3.8, 4) is 0 Å². The van der Waals surface area contributed by atoms with E-state index in [1.165, 1.54) is 6.42 Å². The Kier molecular flexibility index (Phi) is 4.55.